The first-order valence-electron chi connectivity index (χ1n) is 5.01. The highest BCUT2D eigenvalue weighted by Crippen LogP contribution is 2.08. The molecule has 0 atom stereocenters. The van der Waals surface area contributed by atoms with Gasteiger partial charge in [0.15, 0.2) is 0 Å². The molecule has 0 radical (unpaired) electrons. The minimum Gasteiger partial charge on any atom is -0.468 e. The van der Waals surface area contributed by atoms with E-state index in [1.165, 1.54) is 12.7 Å². The number of carbonyl (C=O) groups is 1. The summed E-state index contributed by atoms with van der Waals surface area (Å²) in [4.78, 5) is 10.8. The maximum absolute atomic E-state index is 10.8. The van der Waals surface area contributed by atoms with Gasteiger partial charge >= 0.3 is 5.97 Å². The standard InChI is InChI=1S/C12H16O2S/c1-14-12(13)10-15-9-5-8-11-6-3-2-4-7-11/h2-4,6-7H,5,8-10H2,1H3. The summed E-state index contributed by atoms with van der Waals surface area (Å²) in [5, 5.41) is 0. The van der Waals surface area contributed by atoms with Crippen molar-refractivity contribution in [3.63, 3.8) is 0 Å². The maximum Gasteiger partial charge on any atom is 0.315 e. The molecule has 0 bridgehead atoms. The van der Waals surface area contributed by atoms with Crippen molar-refractivity contribution in [3.8, 4) is 0 Å². The Morgan fingerprint density at radius 1 is 1.33 bits per heavy atom. The highest BCUT2D eigenvalue weighted by Gasteiger charge is 1.99. The molecule has 3 heteroatoms. The number of carbonyl (C=O) groups excluding carboxylic acids is 1. The third-order valence-corrected chi connectivity index (χ3v) is 3.06. The van der Waals surface area contributed by atoms with Gasteiger partial charge in [0.2, 0.25) is 0 Å². The molecule has 0 aliphatic heterocycles. The second-order valence-electron chi connectivity index (χ2n) is 3.22. The van der Waals surface area contributed by atoms with Gasteiger partial charge in [-0.1, -0.05) is 30.3 Å². The molecule has 0 spiro atoms. The van der Waals surface area contributed by atoms with E-state index in [1.807, 2.05) is 6.07 Å². The molecule has 2 nitrogen and oxygen atoms in total. The Balaban J connectivity index is 2.05. The zero-order valence-electron chi connectivity index (χ0n) is 8.94. The summed E-state index contributed by atoms with van der Waals surface area (Å²) < 4.78 is 4.56. The minimum atomic E-state index is -0.139. The molecule has 0 unspecified atom stereocenters. The lowest BCUT2D eigenvalue weighted by atomic mass is 10.1. The van der Waals surface area contributed by atoms with E-state index in [2.05, 4.69) is 29.0 Å². The third-order valence-electron chi connectivity index (χ3n) is 2.04. The zero-order chi connectivity index (χ0) is 10.9. The molecule has 0 heterocycles. The number of ether oxygens (including phenoxy) is 1. The van der Waals surface area contributed by atoms with E-state index in [0.717, 1.165) is 18.6 Å². The van der Waals surface area contributed by atoms with Crippen LogP contribution in [0.3, 0.4) is 0 Å². The Bertz CT molecular complexity index is 285. The second-order valence-corrected chi connectivity index (χ2v) is 4.32. The maximum atomic E-state index is 10.8. The summed E-state index contributed by atoms with van der Waals surface area (Å²) in [6, 6.07) is 10.4. The summed E-state index contributed by atoms with van der Waals surface area (Å²) in [5.41, 5.74) is 1.36. The molecular weight excluding hydrogens is 208 g/mol. The molecule has 15 heavy (non-hydrogen) atoms. The SMILES string of the molecule is COC(=O)CSCCCc1ccccc1. The molecule has 1 aromatic carbocycles. The van der Waals surface area contributed by atoms with E-state index in [1.54, 1.807) is 11.8 Å². The molecular formula is C12H16O2S. The summed E-state index contributed by atoms with van der Waals surface area (Å²) in [5.74, 6) is 1.33. The molecule has 0 saturated heterocycles. The predicted molar refractivity (Wildman–Crippen MR) is 64.1 cm³/mol. The van der Waals surface area contributed by atoms with Crippen molar-refractivity contribution in [1.82, 2.24) is 0 Å². The first-order chi connectivity index (χ1) is 7.33. The molecule has 0 aliphatic rings. The summed E-state index contributed by atoms with van der Waals surface area (Å²) in [6.07, 6.45) is 2.18. The van der Waals surface area contributed by atoms with Crippen LogP contribution in [-0.2, 0) is 16.0 Å². The van der Waals surface area contributed by atoms with Gasteiger partial charge in [-0.15, -0.1) is 0 Å². The summed E-state index contributed by atoms with van der Waals surface area (Å²) in [7, 11) is 1.42. The number of benzene rings is 1. The van der Waals surface area contributed by atoms with Gasteiger partial charge in [0, 0.05) is 0 Å². The number of thioether (sulfide) groups is 1. The lowest BCUT2D eigenvalue weighted by Crippen LogP contribution is -2.03. The van der Waals surface area contributed by atoms with Gasteiger partial charge in [-0.05, 0) is 24.2 Å². The highest BCUT2D eigenvalue weighted by molar-refractivity contribution is 7.99. The third kappa shape index (κ3) is 5.47. The summed E-state index contributed by atoms with van der Waals surface area (Å²) in [6.45, 7) is 0. The van der Waals surface area contributed by atoms with Crippen LogP contribution in [0, 0.1) is 0 Å². The summed E-state index contributed by atoms with van der Waals surface area (Å²) >= 11 is 1.63. The molecule has 0 aliphatic carbocycles. The fourth-order valence-corrected chi connectivity index (χ4v) is 2.01. The van der Waals surface area contributed by atoms with Crippen molar-refractivity contribution < 1.29 is 9.53 Å². The van der Waals surface area contributed by atoms with Crippen molar-refractivity contribution in [2.24, 2.45) is 0 Å². The van der Waals surface area contributed by atoms with Crippen molar-refractivity contribution >= 4 is 17.7 Å². The number of hydrogen-bond acceptors (Lipinski definition) is 3. The molecule has 82 valence electrons. The van der Waals surface area contributed by atoms with Crippen molar-refractivity contribution in [2.75, 3.05) is 18.6 Å². The molecule has 0 aromatic heterocycles. The Morgan fingerprint density at radius 3 is 2.73 bits per heavy atom. The number of aryl methyl sites for hydroxylation is 1. The molecule has 0 N–H and O–H groups in total. The van der Waals surface area contributed by atoms with Crippen molar-refractivity contribution in [1.29, 1.82) is 0 Å². The largest absolute Gasteiger partial charge is 0.468 e. The first-order valence-corrected chi connectivity index (χ1v) is 6.17. The quantitative estimate of drug-likeness (QED) is 0.548. The lowest BCUT2D eigenvalue weighted by molar-refractivity contribution is -0.137. The molecule has 0 saturated carbocycles. The van der Waals surface area contributed by atoms with E-state index in [9.17, 15) is 4.79 Å². The van der Waals surface area contributed by atoms with E-state index in [4.69, 9.17) is 0 Å². The zero-order valence-corrected chi connectivity index (χ0v) is 9.76. The van der Waals surface area contributed by atoms with Crippen LogP contribution in [0.5, 0.6) is 0 Å². The van der Waals surface area contributed by atoms with Gasteiger partial charge < -0.3 is 4.74 Å². The lowest BCUT2D eigenvalue weighted by Gasteiger charge is -2.01. The van der Waals surface area contributed by atoms with Crippen LogP contribution in [0.15, 0.2) is 30.3 Å². The average molecular weight is 224 g/mol. The topological polar surface area (TPSA) is 26.3 Å². The Labute approximate surface area is 95.0 Å². The minimum absolute atomic E-state index is 0.139. The normalized spacial score (nSPS) is 9.93. The fourth-order valence-electron chi connectivity index (χ4n) is 1.24. The van der Waals surface area contributed by atoms with Crippen LogP contribution in [0.4, 0.5) is 0 Å². The van der Waals surface area contributed by atoms with Crippen LogP contribution < -0.4 is 0 Å². The number of hydrogen-bond donors (Lipinski definition) is 0. The number of rotatable bonds is 6. The van der Waals surface area contributed by atoms with E-state index >= 15 is 0 Å². The van der Waals surface area contributed by atoms with Gasteiger partial charge in [0.1, 0.15) is 0 Å². The van der Waals surface area contributed by atoms with Crippen LogP contribution in [-0.4, -0.2) is 24.6 Å². The molecule has 0 amide bonds. The van der Waals surface area contributed by atoms with Crippen LogP contribution in [0.2, 0.25) is 0 Å². The van der Waals surface area contributed by atoms with Gasteiger partial charge in [-0.3, -0.25) is 4.79 Å². The monoisotopic (exact) mass is 224 g/mol. The van der Waals surface area contributed by atoms with E-state index < -0.39 is 0 Å². The van der Waals surface area contributed by atoms with E-state index in [0.29, 0.717) is 5.75 Å². The van der Waals surface area contributed by atoms with E-state index in [-0.39, 0.29) is 5.97 Å². The number of methoxy groups -OCH3 is 1. The first kappa shape index (κ1) is 12.1. The molecule has 0 fully saturated rings. The second kappa shape index (κ2) is 7.35. The van der Waals surface area contributed by atoms with Crippen LogP contribution in [0.25, 0.3) is 0 Å². The van der Waals surface area contributed by atoms with Crippen LogP contribution >= 0.6 is 11.8 Å². The Morgan fingerprint density at radius 2 is 2.07 bits per heavy atom. The number of esters is 1. The molecule has 1 aromatic rings. The molecule has 1 rings (SSSR count). The van der Waals surface area contributed by atoms with Crippen molar-refractivity contribution in [3.05, 3.63) is 35.9 Å². The van der Waals surface area contributed by atoms with Gasteiger partial charge in [-0.25, -0.2) is 0 Å². The van der Waals surface area contributed by atoms with Crippen molar-refractivity contribution in [2.45, 2.75) is 12.8 Å². The van der Waals surface area contributed by atoms with Crippen LogP contribution in [0.1, 0.15) is 12.0 Å². The smallest absolute Gasteiger partial charge is 0.315 e. The van der Waals surface area contributed by atoms with Gasteiger partial charge in [-0.2, -0.15) is 11.8 Å². The Kier molecular flexibility index (Phi) is 5.93. The average Bonchev–Trinajstić information content (AvgIpc) is 2.29. The predicted octanol–water partition coefficient (Wildman–Crippen LogP) is 2.53. The fraction of sp³-hybridized carbons (Fsp3) is 0.417. The Hall–Kier alpha value is -0.960. The van der Waals surface area contributed by atoms with Gasteiger partial charge in [0.25, 0.3) is 0 Å². The van der Waals surface area contributed by atoms with Gasteiger partial charge in [0.05, 0.1) is 12.9 Å². The highest BCUT2D eigenvalue weighted by atomic mass is 32.2.